The Morgan fingerprint density at radius 3 is 3.23 bits per heavy atom. The molecular weight excluding hydrogens is 166 g/mol. The van der Waals surface area contributed by atoms with Crippen LogP contribution in [0.3, 0.4) is 0 Å². The second kappa shape index (κ2) is 3.47. The summed E-state index contributed by atoms with van der Waals surface area (Å²) in [7, 11) is 0. The first-order valence-corrected chi connectivity index (χ1v) is 4.73. The van der Waals surface area contributed by atoms with Crippen molar-refractivity contribution in [3.63, 3.8) is 0 Å². The maximum absolute atomic E-state index is 8.93. The first-order chi connectivity index (χ1) is 6.33. The van der Waals surface area contributed by atoms with Gasteiger partial charge in [-0.2, -0.15) is 0 Å². The van der Waals surface area contributed by atoms with E-state index in [1.165, 1.54) is 18.5 Å². The average Bonchev–Trinajstić information content (AvgIpc) is 2.60. The predicted octanol–water partition coefficient (Wildman–Crippen LogP) is 0.211. The highest BCUT2D eigenvalue weighted by Gasteiger charge is 2.18. The van der Waals surface area contributed by atoms with Gasteiger partial charge in [0.05, 0.1) is 24.7 Å². The minimum atomic E-state index is -0.311. The third kappa shape index (κ3) is 1.47. The maximum Gasteiger partial charge on any atom is 0.0952 e. The van der Waals surface area contributed by atoms with Crippen LogP contribution in [-0.2, 0) is 13.0 Å². The molecule has 72 valence electrons. The minimum Gasteiger partial charge on any atom is -0.394 e. The van der Waals surface area contributed by atoms with Gasteiger partial charge in [0.15, 0.2) is 0 Å². The third-order valence-corrected chi connectivity index (χ3v) is 2.59. The number of hydrogen-bond donors (Lipinski definition) is 2. The van der Waals surface area contributed by atoms with Gasteiger partial charge in [0.2, 0.25) is 0 Å². The molecule has 1 aromatic rings. The highest BCUT2D eigenvalue weighted by atomic mass is 16.3. The summed E-state index contributed by atoms with van der Waals surface area (Å²) >= 11 is 0. The summed E-state index contributed by atoms with van der Waals surface area (Å²) in [6.07, 6.45) is 5.30. The molecule has 0 saturated heterocycles. The molecule has 13 heavy (non-hydrogen) atoms. The largest absolute Gasteiger partial charge is 0.394 e. The number of nitrogens with zero attached hydrogens (tertiary/aromatic N) is 2. The van der Waals surface area contributed by atoms with Gasteiger partial charge in [-0.15, -0.1) is 0 Å². The zero-order valence-corrected chi connectivity index (χ0v) is 7.61. The first-order valence-electron chi connectivity index (χ1n) is 4.73. The molecule has 0 radical (unpaired) electrons. The summed E-state index contributed by atoms with van der Waals surface area (Å²) in [5.74, 6) is 0. The van der Waals surface area contributed by atoms with Crippen molar-refractivity contribution in [2.75, 3.05) is 6.61 Å². The van der Waals surface area contributed by atoms with E-state index in [4.69, 9.17) is 10.8 Å². The molecule has 0 aliphatic carbocycles. The van der Waals surface area contributed by atoms with Crippen LogP contribution in [0.25, 0.3) is 0 Å². The van der Waals surface area contributed by atoms with Crippen LogP contribution in [0.2, 0.25) is 0 Å². The SMILES string of the molecule is NC(CO)c1ncn2c1CCCC2. The monoisotopic (exact) mass is 181 g/mol. The molecule has 4 nitrogen and oxygen atoms in total. The molecule has 1 aliphatic rings. The Morgan fingerprint density at radius 1 is 1.62 bits per heavy atom. The molecule has 1 aliphatic heterocycles. The third-order valence-electron chi connectivity index (χ3n) is 2.59. The van der Waals surface area contributed by atoms with Gasteiger partial charge in [-0.3, -0.25) is 0 Å². The smallest absolute Gasteiger partial charge is 0.0952 e. The van der Waals surface area contributed by atoms with Gasteiger partial charge < -0.3 is 15.4 Å². The van der Waals surface area contributed by atoms with Crippen LogP contribution in [-0.4, -0.2) is 21.3 Å². The Kier molecular flexibility index (Phi) is 2.33. The van der Waals surface area contributed by atoms with Crippen LogP contribution in [0.15, 0.2) is 6.33 Å². The Hall–Kier alpha value is -0.870. The maximum atomic E-state index is 8.93. The fraction of sp³-hybridized carbons (Fsp3) is 0.667. The van der Waals surface area contributed by atoms with Gasteiger partial charge in [0, 0.05) is 12.2 Å². The second-order valence-electron chi connectivity index (χ2n) is 3.52. The lowest BCUT2D eigenvalue weighted by Crippen LogP contribution is -2.19. The number of fused-ring (bicyclic) bond motifs is 1. The molecule has 0 amide bonds. The van der Waals surface area contributed by atoms with Gasteiger partial charge in [0.25, 0.3) is 0 Å². The average molecular weight is 181 g/mol. The molecule has 1 atom stereocenters. The van der Waals surface area contributed by atoms with E-state index in [0.29, 0.717) is 0 Å². The van der Waals surface area contributed by atoms with E-state index in [9.17, 15) is 0 Å². The molecule has 0 fully saturated rings. The van der Waals surface area contributed by atoms with Gasteiger partial charge in [-0.1, -0.05) is 0 Å². The number of rotatable bonds is 2. The lowest BCUT2D eigenvalue weighted by Gasteiger charge is -2.16. The summed E-state index contributed by atoms with van der Waals surface area (Å²) < 4.78 is 2.15. The summed E-state index contributed by atoms with van der Waals surface area (Å²) in [5, 5.41) is 8.93. The molecular formula is C9H15N3O. The molecule has 0 aromatic carbocycles. The molecule has 4 heteroatoms. The number of imidazole rings is 1. The summed E-state index contributed by atoms with van der Waals surface area (Å²) in [6, 6.07) is -0.311. The second-order valence-corrected chi connectivity index (χ2v) is 3.52. The Labute approximate surface area is 77.4 Å². The van der Waals surface area contributed by atoms with Crippen LogP contribution in [0, 0.1) is 0 Å². The van der Waals surface area contributed by atoms with E-state index in [0.717, 1.165) is 18.7 Å². The van der Waals surface area contributed by atoms with Crippen LogP contribution in [0.4, 0.5) is 0 Å². The number of aromatic nitrogens is 2. The topological polar surface area (TPSA) is 64.1 Å². The van der Waals surface area contributed by atoms with Crippen LogP contribution >= 0.6 is 0 Å². The van der Waals surface area contributed by atoms with Crippen LogP contribution in [0.5, 0.6) is 0 Å². The van der Waals surface area contributed by atoms with Gasteiger partial charge in [-0.05, 0) is 19.3 Å². The molecule has 3 N–H and O–H groups in total. The number of nitrogens with two attached hydrogens (primary N) is 1. The van der Waals surface area contributed by atoms with E-state index >= 15 is 0 Å². The lowest BCUT2D eigenvalue weighted by molar-refractivity contribution is 0.265. The molecule has 1 aromatic heterocycles. The van der Waals surface area contributed by atoms with Crippen molar-refractivity contribution in [2.45, 2.75) is 31.8 Å². The van der Waals surface area contributed by atoms with Gasteiger partial charge >= 0.3 is 0 Å². The van der Waals surface area contributed by atoms with Crippen molar-refractivity contribution in [2.24, 2.45) is 5.73 Å². The molecule has 0 bridgehead atoms. The summed E-state index contributed by atoms with van der Waals surface area (Å²) in [5.41, 5.74) is 7.83. The number of aliphatic hydroxyl groups excluding tert-OH is 1. The quantitative estimate of drug-likeness (QED) is 0.685. The molecule has 0 saturated carbocycles. The van der Waals surface area contributed by atoms with Crippen molar-refractivity contribution in [3.8, 4) is 0 Å². The highest BCUT2D eigenvalue weighted by molar-refractivity contribution is 5.18. The minimum absolute atomic E-state index is 0.0238. The molecule has 2 rings (SSSR count). The lowest BCUT2D eigenvalue weighted by atomic mass is 10.1. The van der Waals surface area contributed by atoms with Crippen molar-refractivity contribution < 1.29 is 5.11 Å². The first kappa shape index (κ1) is 8.72. The van der Waals surface area contributed by atoms with E-state index in [-0.39, 0.29) is 12.6 Å². The molecule has 1 unspecified atom stereocenters. The van der Waals surface area contributed by atoms with E-state index in [1.54, 1.807) is 0 Å². The molecule has 0 spiro atoms. The van der Waals surface area contributed by atoms with Crippen LogP contribution in [0.1, 0.15) is 30.3 Å². The van der Waals surface area contributed by atoms with Crippen molar-refractivity contribution in [1.29, 1.82) is 0 Å². The standard InChI is InChI=1S/C9H15N3O/c10-7(5-13)9-8-3-1-2-4-12(8)6-11-9/h6-7,13H,1-5,10H2. The zero-order chi connectivity index (χ0) is 9.26. The van der Waals surface area contributed by atoms with Gasteiger partial charge in [0.1, 0.15) is 0 Å². The molecule has 2 heterocycles. The number of aliphatic hydroxyl groups is 1. The summed E-state index contributed by atoms with van der Waals surface area (Å²) in [4.78, 5) is 4.25. The zero-order valence-electron chi connectivity index (χ0n) is 7.61. The Bertz CT molecular complexity index is 295. The summed E-state index contributed by atoms with van der Waals surface area (Å²) in [6.45, 7) is 1.02. The van der Waals surface area contributed by atoms with E-state index in [1.807, 2.05) is 6.33 Å². The fourth-order valence-corrected chi connectivity index (χ4v) is 1.86. The highest BCUT2D eigenvalue weighted by Crippen LogP contribution is 2.21. The Balaban J connectivity index is 2.31. The van der Waals surface area contributed by atoms with E-state index < -0.39 is 0 Å². The predicted molar refractivity (Wildman–Crippen MR) is 49.2 cm³/mol. The normalized spacial score (nSPS) is 18.3. The number of hydrogen-bond acceptors (Lipinski definition) is 3. The van der Waals surface area contributed by atoms with Crippen molar-refractivity contribution >= 4 is 0 Å². The van der Waals surface area contributed by atoms with Crippen molar-refractivity contribution in [3.05, 3.63) is 17.7 Å². The Morgan fingerprint density at radius 2 is 2.46 bits per heavy atom. The fourth-order valence-electron chi connectivity index (χ4n) is 1.86. The van der Waals surface area contributed by atoms with Crippen LogP contribution < -0.4 is 5.73 Å². The van der Waals surface area contributed by atoms with Gasteiger partial charge in [-0.25, -0.2) is 4.98 Å². The number of aryl methyl sites for hydroxylation is 1. The van der Waals surface area contributed by atoms with E-state index in [2.05, 4.69) is 9.55 Å². The van der Waals surface area contributed by atoms with Crippen molar-refractivity contribution in [1.82, 2.24) is 9.55 Å².